The van der Waals surface area contributed by atoms with Crippen molar-refractivity contribution in [3.63, 3.8) is 0 Å². The Hall–Kier alpha value is -3.85. The van der Waals surface area contributed by atoms with Crippen LogP contribution in [-0.4, -0.2) is 78.3 Å². The lowest BCUT2D eigenvalue weighted by molar-refractivity contribution is -0.126. The number of piperidine rings is 1. The Kier molecular flexibility index (Phi) is 7.24. The maximum Gasteiger partial charge on any atom is 0.318 e. The fourth-order valence-corrected chi connectivity index (χ4v) is 5.98. The third-order valence-electron chi connectivity index (χ3n) is 8.10. The summed E-state index contributed by atoms with van der Waals surface area (Å²) in [6.07, 6.45) is 4.47. The predicted octanol–water partition coefficient (Wildman–Crippen LogP) is 3.11. The number of carbonyl (C=O) groups excluding carboxylic acids is 1. The van der Waals surface area contributed by atoms with Gasteiger partial charge in [-0.15, -0.1) is 0 Å². The Labute approximate surface area is 229 Å². The molecule has 0 radical (unpaired) electrons. The SMILES string of the molecule is C=CC(=O)N1CCN(c2nc(OCC3CCCNC3)nc3c2CCN(c2cc(O)cc4ccccc24)C3)CC1. The number of ether oxygens (including phenoxy) is 1. The van der Waals surface area contributed by atoms with Crippen LogP contribution in [0.25, 0.3) is 10.8 Å². The van der Waals surface area contributed by atoms with Gasteiger partial charge in [0, 0.05) is 67.9 Å². The number of anilines is 2. The van der Waals surface area contributed by atoms with Gasteiger partial charge in [-0.1, -0.05) is 30.8 Å². The molecular formula is C30H36N6O3. The van der Waals surface area contributed by atoms with Gasteiger partial charge in [-0.25, -0.2) is 0 Å². The van der Waals surface area contributed by atoms with Crippen LogP contribution in [-0.2, 0) is 17.8 Å². The van der Waals surface area contributed by atoms with E-state index in [1.807, 2.05) is 29.2 Å². The lowest BCUT2D eigenvalue weighted by Gasteiger charge is -2.38. The van der Waals surface area contributed by atoms with Crippen molar-refractivity contribution in [2.75, 3.05) is 62.2 Å². The molecule has 0 saturated carbocycles. The number of aromatic nitrogens is 2. The normalized spacial score (nSPS) is 19.6. The zero-order valence-electron chi connectivity index (χ0n) is 22.3. The van der Waals surface area contributed by atoms with E-state index in [2.05, 4.69) is 27.8 Å². The summed E-state index contributed by atoms with van der Waals surface area (Å²) in [5, 5.41) is 16.0. The van der Waals surface area contributed by atoms with Crippen LogP contribution >= 0.6 is 0 Å². The largest absolute Gasteiger partial charge is 0.508 e. The van der Waals surface area contributed by atoms with Crippen molar-refractivity contribution < 1.29 is 14.6 Å². The van der Waals surface area contributed by atoms with Gasteiger partial charge in [0.05, 0.1) is 18.8 Å². The molecule has 9 nitrogen and oxygen atoms in total. The number of rotatable bonds is 6. The number of benzene rings is 2. The van der Waals surface area contributed by atoms with Crippen LogP contribution in [0.1, 0.15) is 24.1 Å². The molecule has 1 atom stereocenters. The van der Waals surface area contributed by atoms with Gasteiger partial charge in [-0.2, -0.15) is 9.97 Å². The quantitative estimate of drug-likeness (QED) is 0.472. The monoisotopic (exact) mass is 528 g/mol. The summed E-state index contributed by atoms with van der Waals surface area (Å²) in [4.78, 5) is 28.4. The molecule has 9 heteroatoms. The summed E-state index contributed by atoms with van der Waals surface area (Å²) < 4.78 is 6.22. The number of amides is 1. The van der Waals surface area contributed by atoms with E-state index >= 15 is 0 Å². The second kappa shape index (κ2) is 11.1. The zero-order valence-corrected chi connectivity index (χ0v) is 22.3. The minimum Gasteiger partial charge on any atom is -0.508 e. The highest BCUT2D eigenvalue weighted by atomic mass is 16.5. The van der Waals surface area contributed by atoms with Crippen molar-refractivity contribution in [1.82, 2.24) is 20.2 Å². The summed E-state index contributed by atoms with van der Waals surface area (Å²) in [6, 6.07) is 12.2. The molecule has 3 aliphatic heterocycles. The fraction of sp³-hybridized carbons (Fsp3) is 0.433. The van der Waals surface area contributed by atoms with Crippen molar-refractivity contribution in [3.8, 4) is 11.8 Å². The van der Waals surface area contributed by atoms with E-state index in [1.54, 1.807) is 6.07 Å². The highest BCUT2D eigenvalue weighted by Crippen LogP contribution is 2.36. The first-order valence-corrected chi connectivity index (χ1v) is 14.0. The molecular weight excluding hydrogens is 492 g/mol. The average Bonchev–Trinajstić information content (AvgIpc) is 2.99. The van der Waals surface area contributed by atoms with E-state index in [0.29, 0.717) is 51.3 Å². The van der Waals surface area contributed by atoms with Gasteiger partial charge in [-0.3, -0.25) is 4.79 Å². The van der Waals surface area contributed by atoms with Gasteiger partial charge in [0.15, 0.2) is 0 Å². The number of fused-ring (bicyclic) bond motifs is 2. The van der Waals surface area contributed by atoms with Gasteiger partial charge in [0.25, 0.3) is 0 Å². The maximum absolute atomic E-state index is 12.1. The van der Waals surface area contributed by atoms with Crippen LogP contribution in [0.3, 0.4) is 0 Å². The number of phenols is 1. The van der Waals surface area contributed by atoms with Crippen molar-refractivity contribution in [2.45, 2.75) is 25.8 Å². The number of aromatic hydroxyl groups is 1. The lowest BCUT2D eigenvalue weighted by Crippen LogP contribution is -2.49. The summed E-state index contributed by atoms with van der Waals surface area (Å²) >= 11 is 0. The molecule has 204 valence electrons. The Balaban J connectivity index is 1.30. The van der Waals surface area contributed by atoms with Crippen LogP contribution in [0.15, 0.2) is 49.1 Å². The number of nitrogens with one attached hydrogen (secondary N) is 1. The first-order valence-electron chi connectivity index (χ1n) is 14.0. The van der Waals surface area contributed by atoms with Gasteiger partial charge < -0.3 is 29.9 Å². The first-order chi connectivity index (χ1) is 19.1. The van der Waals surface area contributed by atoms with Gasteiger partial charge >= 0.3 is 6.01 Å². The molecule has 0 aliphatic carbocycles. The Morgan fingerprint density at radius 2 is 1.97 bits per heavy atom. The second-order valence-corrected chi connectivity index (χ2v) is 10.7. The Bertz CT molecular complexity index is 1360. The number of phenolic OH excluding ortho intramolecular Hbond substituents is 1. The van der Waals surface area contributed by atoms with Gasteiger partial charge in [0.1, 0.15) is 11.6 Å². The molecule has 0 bridgehead atoms. The van der Waals surface area contributed by atoms with Gasteiger partial charge in [-0.05, 0) is 43.3 Å². The number of piperazine rings is 1. The summed E-state index contributed by atoms with van der Waals surface area (Å²) in [5.74, 6) is 1.60. The smallest absolute Gasteiger partial charge is 0.318 e. The molecule has 2 saturated heterocycles. The number of carbonyl (C=O) groups is 1. The van der Waals surface area contributed by atoms with Crippen molar-refractivity contribution >= 4 is 28.2 Å². The highest BCUT2D eigenvalue weighted by molar-refractivity contribution is 5.95. The molecule has 3 aliphatic rings. The number of nitrogens with zero attached hydrogens (tertiary/aromatic N) is 5. The lowest BCUT2D eigenvalue weighted by atomic mass is 10.0. The van der Waals surface area contributed by atoms with Crippen LogP contribution in [0.5, 0.6) is 11.8 Å². The van der Waals surface area contributed by atoms with E-state index < -0.39 is 0 Å². The third-order valence-corrected chi connectivity index (χ3v) is 8.10. The summed E-state index contributed by atoms with van der Waals surface area (Å²) in [7, 11) is 0. The minimum absolute atomic E-state index is 0.0292. The molecule has 3 aromatic rings. The molecule has 1 aromatic heterocycles. The van der Waals surface area contributed by atoms with Crippen molar-refractivity contribution in [1.29, 1.82) is 0 Å². The van der Waals surface area contributed by atoms with E-state index in [4.69, 9.17) is 14.7 Å². The topological polar surface area (TPSA) is 94.1 Å². The fourth-order valence-electron chi connectivity index (χ4n) is 5.98. The van der Waals surface area contributed by atoms with Crippen molar-refractivity contribution in [3.05, 3.63) is 60.3 Å². The number of hydrogen-bond acceptors (Lipinski definition) is 8. The second-order valence-electron chi connectivity index (χ2n) is 10.7. The standard InChI is InChI=1S/C30H36N6O3/c1-2-28(38)34-12-14-35(15-13-34)29-25-9-11-36(27-17-23(37)16-22-7-3-4-8-24(22)27)19-26(25)32-30(33-29)39-20-21-6-5-10-31-18-21/h2-4,7-8,16-17,21,31,37H,1,5-6,9-15,18-20H2. The van der Waals surface area contributed by atoms with Crippen LogP contribution in [0.4, 0.5) is 11.5 Å². The summed E-state index contributed by atoms with van der Waals surface area (Å²) in [5.41, 5.74) is 3.11. The van der Waals surface area contributed by atoms with Crippen LogP contribution in [0, 0.1) is 5.92 Å². The highest BCUT2D eigenvalue weighted by Gasteiger charge is 2.29. The van der Waals surface area contributed by atoms with Crippen molar-refractivity contribution in [2.24, 2.45) is 5.92 Å². The molecule has 2 aromatic carbocycles. The molecule has 2 N–H and O–H groups in total. The van der Waals surface area contributed by atoms with E-state index in [0.717, 1.165) is 72.4 Å². The Morgan fingerprint density at radius 3 is 2.77 bits per heavy atom. The third kappa shape index (κ3) is 5.36. The first kappa shape index (κ1) is 25.4. The molecule has 39 heavy (non-hydrogen) atoms. The molecule has 6 rings (SSSR count). The Morgan fingerprint density at radius 1 is 1.13 bits per heavy atom. The number of hydrogen-bond donors (Lipinski definition) is 2. The van der Waals surface area contributed by atoms with E-state index in [-0.39, 0.29) is 11.7 Å². The molecule has 0 spiro atoms. The molecule has 1 unspecified atom stereocenters. The van der Waals surface area contributed by atoms with E-state index in [9.17, 15) is 9.90 Å². The predicted molar refractivity (Wildman–Crippen MR) is 152 cm³/mol. The minimum atomic E-state index is -0.0292. The van der Waals surface area contributed by atoms with E-state index in [1.165, 1.54) is 6.08 Å². The van der Waals surface area contributed by atoms with Crippen LogP contribution < -0.4 is 19.9 Å². The zero-order chi connectivity index (χ0) is 26.8. The van der Waals surface area contributed by atoms with Crippen LogP contribution in [0.2, 0.25) is 0 Å². The molecule has 4 heterocycles. The van der Waals surface area contributed by atoms with Gasteiger partial charge in [0.2, 0.25) is 5.91 Å². The molecule has 1 amide bonds. The summed E-state index contributed by atoms with van der Waals surface area (Å²) in [6.45, 7) is 10.3. The molecule has 2 fully saturated rings. The maximum atomic E-state index is 12.1. The average molecular weight is 529 g/mol.